The van der Waals surface area contributed by atoms with E-state index in [1.54, 1.807) is 19.4 Å². The average molecular weight is 643 g/mol. The lowest BCUT2D eigenvalue weighted by Gasteiger charge is -2.34. The van der Waals surface area contributed by atoms with Gasteiger partial charge < -0.3 is 15.0 Å². The van der Waals surface area contributed by atoms with E-state index in [0.717, 1.165) is 44.4 Å². The van der Waals surface area contributed by atoms with Crippen molar-refractivity contribution in [1.29, 1.82) is 0 Å². The lowest BCUT2D eigenvalue weighted by molar-refractivity contribution is -0.129. The van der Waals surface area contributed by atoms with Crippen LogP contribution in [0.1, 0.15) is 52.0 Å². The van der Waals surface area contributed by atoms with Gasteiger partial charge >= 0.3 is 6.18 Å². The van der Waals surface area contributed by atoms with Crippen LogP contribution in [0.2, 0.25) is 0 Å². The third-order valence-corrected chi connectivity index (χ3v) is 9.06. The van der Waals surface area contributed by atoms with Gasteiger partial charge in [-0.15, -0.1) is 0 Å². The Balaban J connectivity index is 1.55. The van der Waals surface area contributed by atoms with Crippen LogP contribution in [0, 0.1) is 5.82 Å². The highest BCUT2D eigenvalue weighted by Gasteiger charge is 2.30. The summed E-state index contributed by atoms with van der Waals surface area (Å²) in [7, 11) is -0.651. The number of sulfonamides is 1. The highest BCUT2D eigenvalue weighted by molar-refractivity contribution is 7.92. The summed E-state index contributed by atoms with van der Waals surface area (Å²) >= 11 is 0. The van der Waals surface area contributed by atoms with E-state index in [9.17, 15) is 30.8 Å². The van der Waals surface area contributed by atoms with Gasteiger partial charge in [0.15, 0.2) is 0 Å². The van der Waals surface area contributed by atoms with E-state index in [1.807, 2.05) is 18.6 Å². The monoisotopic (exact) mass is 642 g/mol. The largest absolute Gasteiger partial charge is 0.390 e. The molecule has 1 aromatic carbocycles. The third kappa shape index (κ3) is 8.45. The van der Waals surface area contributed by atoms with E-state index in [0.29, 0.717) is 29.6 Å². The molecule has 15 heteroatoms. The number of likely N-dealkylation sites (N-methyl/N-ethyl adjacent to an activating group) is 1. The van der Waals surface area contributed by atoms with Crippen molar-refractivity contribution in [1.82, 2.24) is 19.4 Å². The van der Waals surface area contributed by atoms with Crippen LogP contribution in [0.4, 0.5) is 29.2 Å². The molecule has 2 aromatic heterocycles. The topological polar surface area (TPSA) is 118 Å². The lowest BCUT2D eigenvalue weighted by Crippen LogP contribution is -2.39. The molecular formula is C29H38F4N6O4S. The second-order valence-corrected chi connectivity index (χ2v) is 13.2. The molecule has 0 bridgehead atoms. The molecule has 44 heavy (non-hydrogen) atoms. The molecule has 0 amide bonds. The number of rotatable bonds is 12. The number of fused-ring (bicyclic) bond motifs is 1. The van der Waals surface area contributed by atoms with Crippen LogP contribution in [-0.2, 0) is 14.8 Å². The Kier molecular flexibility index (Phi) is 10.5. The Morgan fingerprint density at radius 1 is 1.16 bits per heavy atom. The molecule has 242 valence electrons. The fourth-order valence-electron chi connectivity index (χ4n) is 5.37. The molecule has 1 aliphatic carbocycles. The van der Waals surface area contributed by atoms with Crippen LogP contribution in [0.15, 0.2) is 35.3 Å². The minimum atomic E-state index is -4.68. The molecule has 0 radical (unpaired) electrons. The number of benzene rings is 1. The summed E-state index contributed by atoms with van der Waals surface area (Å²) in [5.74, 6) is -1.88. The van der Waals surface area contributed by atoms with Gasteiger partial charge in [0.1, 0.15) is 11.5 Å². The van der Waals surface area contributed by atoms with Gasteiger partial charge in [0, 0.05) is 48.9 Å². The first-order chi connectivity index (χ1) is 20.7. The van der Waals surface area contributed by atoms with Crippen LogP contribution in [-0.4, -0.2) is 79.2 Å². The van der Waals surface area contributed by atoms with Crippen LogP contribution < -0.4 is 15.6 Å². The predicted molar refractivity (Wildman–Crippen MR) is 162 cm³/mol. The molecule has 1 fully saturated rings. The number of ether oxygens (including phenoxy) is 1. The van der Waals surface area contributed by atoms with Gasteiger partial charge in [0.2, 0.25) is 16.0 Å². The van der Waals surface area contributed by atoms with Crippen molar-refractivity contribution in [3.63, 3.8) is 0 Å². The highest BCUT2D eigenvalue weighted by Crippen LogP contribution is 2.28. The molecule has 0 spiro atoms. The van der Waals surface area contributed by atoms with E-state index < -0.39 is 45.4 Å². The summed E-state index contributed by atoms with van der Waals surface area (Å²) in [6, 6.07) is 5.28. The Hall–Kier alpha value is -3.30. The number of hydrogen-bond donors (Lipinski definition) is 2. The van der Waals surface area contributed by atoms with Gasteiger partial charge in [-0.05, 0) is 70.3 Å². The fourth-order valence-corrected chi connectivity index (χ4v) is 6.47. The predicted octanol–water partition coefficient (Wildman–Crippen LogP) is 5.17. The molecular weight excluding hydrogens is 604 g/mol. The van der Waals surface area contributed by atoms with Crippen LogP contribution in [0.5, 0.6) is 0 Å². The van der Waals surface area contributed by atoms with Gasteiger partial charge in [-0.1, -0.05) is 6.07 Å². The molecule has 0 unspecified atom stereocenters. The number of nitrogens with zero attached hydrogens (tertiary/aromatic N) is 4. The SMILES string of the molecule is COCCN(C)[C@H]1CC[C@H](Nc2ncc3cc(-c4ccc(NS(=O)(=O)CCC(F)(F)F)c(F)c4)c(=O)n(C(C)C)c3n2)CC1. The van der Waals surface area contributed by atoms with Gasteiger partial charge in [0.05, 0.1) is 24.5 Å². The number of methoxy groups -OCH3 is 1. The molecule has 2 N–H and O–H groups in total. The average Bonchev–Trinajstić information content (AvgIpc) is 2.95. The maximum atomic E-state index is 14.9. The molecule has 1 aliphatic rings. The summed E-state index contributed by atoms with van der Waals surface area (Å²) in [6.07, 6.45) is -0.715. The van der Waals surface area contributed by atoms with Crippen LogP contribution in [0.25, 0.3) is 22.2 Å². The highest BCUT2D eigenvalue weighted by atomic mass is 32.2. The Labute approximate surface area is 253 Å². The first-order valence-corrected chi connectivity index (χ1v) is 16.1. The summed E-state index contributed by atoms with van der Waals surface area (Å²) in [6.45, 7) is 5.21. The summed E-state index contributed by atoms with van der Waals surface area (Å²) in [5.41, 5.74) is -0.243. The zero-order valence-corrected chi connectivity index (χ0v) is 25.9. The zero-order chi connectivity index (χ0) is 32.2. The fraction of sp³-hybridized carbons (Fsp3) is 0.552. The van der Waals surface area contributed by atoms with E-state index in [-0.39, 0.29) is 23.2 Å². The molecule has 0 saturated heterocycles. The van der Waals surface area contributed by atoms with Crippen molar-refractivity contribution in [2.45, 2.75) is 70.3 Å². The van der Waals surface area contributed by atoms with Gasteiger partial charge in [-0.25, -0.2) is 17.8 Å². The van der Waals surface area contributed by atoms with E-state index >= 15 is 0 Å². The minimum absolute atomic E-state index is 0.136. The first kappa shape index (κ1) is 33.6. The van der Waals surface area contributed by atoms with E-state index in [1.165, 1.54) is 10.6 Å². The van der Waals surface area contributed by atoms with Crippen molar-refractivity contribution in [3.05, 3.63) is 46.6 Å². The van der Waals surface area contributed by atoms with Gasteiger partial charge in [0.25, 0.3) is 5.56 Å². The smallest absolute Gasteiger partial charge is 0.383 e. The summed E-state index contributed by atoms with van der Waals surface area (Å²) in [5, 5.41) is 3.95. The number of alkyl halides is 3. The number of aromatic nitrogens is 3. The number of nitrogens with one attached hydrogen (secondary N) is 2. The van der Waals surface area contributed by atoms with Gasteiger partial charge in [-0.2, -0.15) is 18.2 Å². The van der Waals surface area contributed by atoms with Crippen molar-refractivity contribution in [3.8, 4) is 11.1 Å². The standard InChI is InChI=1S/C29H38F4N6O4S/c1-18(2)39-26-20(17-34-28(36-26)35-21-6-8-22(9-7-21)38(3)12-13-43-4)15-23(27(39)40)19-5-10-25(24(30)16-19)37-44(41,42)14-11-29(31,32)33/h5,10,15-18,21-22,37H,6-9,11-14H2,1-4H3,(H,34,35,36)/t21-,22-. The normalized spacial score (nSPS) is 17.9. The Morgan fingerprint density at radius 3 is 2.48 bits per heavy atom. The maximum absolute atomic E-state index is 14.9. The number of halogens is 4. The quantitative estimate of drug-likeness (QED) is 0.260. The molecule has 4 rings (SSSR count). The van der Waals surface area contributed by atoms with E-state index in [4.69, 9.17) is 4.74 Å². The van der Waals surface area contributed by atoms with Crippen molar-refractivity contribution >= 4 is 32.7 Å². The van der Waals surface area contributed by atoms with Gasteiger partial charge in [-0.3, -0.25) is 14.1 Å². The Morgan fingerprint density at radius 2 is 1.86 bits per heavy atom. The molecule has 0 atom stereocenters. The van der Waals surface area contributed by atoms with Crippen LogP contribution >= 0.6 is 0 Å². The zero-order valence-electron chi connectivity index (χ0n) is 25.1. The molecule has 3 aromatic rings. The molecule has 0 aliphatic heterocycles. The second kappa shape index (κ2) is 13.8. The van der Waals surface area contributed by atoms with Crippen LogP contribution in [0.3, 0.4) is 0 Å². The Bertz CT molecular complexity index is 1620. The second-order valence-electron chi connectivity index (χ2n) is 11.4. The number of pyridine rings is 1. The number of hydrogen-bond acceptors (Lipinski definition) is 8. The maximum Gasteiger partial charge on any atom is 0.390 e. The summed E-state index contributed by atoms with van der Waals surface area (Å²) < 4.78 is 85.0. The minimum Gasteiger partial charge on any atom is -0.383 e. The van der Waals surface area contributed by atoms with Crippen molar-refractivity contribution in [2.75, 3.05) is 43.1 Å². The molecule has 1 saturated carbocycles. The number of anilines is 2. The lowest BCUT2D eigenvalue weighted by atomic mass is 9.90. The van der Waals surface area contributed by atoms with Crippen molar-refractivity contribution in [2.24, 2.45) is 0 Å². The van der Waals surface area contributed by atoms with E-state index in [2.05, 4.69) is 27.2 Å². The molecule has 2 heterocycles. The third-order valence-electron chi connectivity index (χ3n) is 7.79. The summed E-state index contributed by atoms with van der Waals surface area (Å²) in [4.78, 5) is 25.1. The first-order valence-electron chi connectivity index (χ1n) is 14.4. The molecule has 10 nitrogen and oxygen atoms in total. The van der Waals surface area contributed by atoms with Crippen molar-refractivity contribution < 1.29 is 30.7 Å².